The number of cyclic esters (lactones) is 1. The van der Waals surface area contributed by atoms with Crippen LogP contribution in [0.3, 0.4) is 0 Å². The van der Waals surface area contributed by atoms with E-state index in [4.69, 9.17) is 14.2 Å². The maximum Gasteiger partial charge on any atom is 0.343 e. The first-order valence-corrected chi connectivity index (χ1v) is 8.82. The van der Waals surface area contributed by atoms with Crippen LogP contribution in [0.4, 0.5) is 5.69 Å². The number of carbonyl (C=O) groups excluding carboxylic acids is 2. The lowest BCUT2D eigenvalue weighted by Gasteiger charge is -2.12. The van der Waals surface area contributed by atoms with E-state index in [1.807, 2.05) is 12.1 Å². The number of aromatic amines is 1. The Hall–Kier alpha value is -3.88. The first-order chi connectivity index (χ1) is 14.1. The minimum atomic E-state index is -0.689. The van der Waals surface area contributed by atoms with Crippen molar-refractivity contribution in [3.8, 4) is 22.9 Å². The predicted octanol–water partition coefficient (Wildman–Crippen LogP) is 2.73. The number of benzene rings is 2. The van der Waals surface area contributed by atoms with Gasteiger partial charge in [-0.2, -0.15) is 5.10 Å². The second kappa shape index (κ2) is 7.63. The lowest BCUT2D eigenvalue weighted by molar-refractivity contribution is -0.118. The van der Waals surface area contributed by atoms with Crippen LogP contribution >= 0.6 is 0 Å². The number of esters is 1. The molecular weight excluding hydrogens is 376 g/mol. The maximum absolute atomic E-state index is 12.5. The van der Waals surface area contributed by atoms with Gasteiger partial charge < -0.3 is 19.5 Å². The van der Waals surface area contributed by atoms with Crippen LogP contribution in [0.15, 0.2) is 42.7 Å². The molecule has 1 amide bonds. The Morgan fingerprint density at radius 2 is 1.97 bits per heavy atom. The van der Waals surface area contributed by atoms with E-state index in [1.165, 1.54) is 20.5 Å². The molecule has 0 bridgehead atoms. The van der Waals surface area contributed by atoms with E-state index < -0.39 is 12.1 Å². The third-order valence-electron chi connectivity index (χ3n) is 4.61. The fourth-order valence-electron chi connectivity index (χ4n) is 3.26. The summed E-state index contributed by atoms with van der Waals surface area (Å²) in [5.74, 6) is 0.561. The van der Waals surface area contributed by atoms with Crippen molar-refractivity contribution in [2.24, 2.45) is 0 Å². The average Bonchev–Trinajstić information content (AvgIpc) is 3.37. The van der Waals surface area contributed by atoms with Crippen molar-refractivity contribution in [3.05, 3.63) is 53.9 Å². The molecule has 2 N–H and O–H groups in total. The van der Waals surface area contributed by atoms with E-state index in [0.717, 1.165) is 5.56 Å². The van der Waals surface area contributed by atoms with Crippen LogP contribution in [0.2, 0.25) is 0 Å². The first kappa shape index (κ1) is 18.5. The Morgan fingerprint density at radius 1 is 1.17 bits per heavy atom. The van der Waals surface area contributed by atoms with Gasteiger partial charge in [0.15, 0.2) is 17.3 Å². The number of hydrogen-bond acceptors (Lipinski definition) is 7. The zero-order valence-electron chi connectivity index (χ0n) is 15.8. The van der Waals surface area contributed by atoms with E-state index in [2.05, 4.69) is 20.5 Å². The van der Waals surface area contributed by atoms with Gasteiger partial charge in [0, 0.05) is 16.8 Å². The molecule has 2 aromatic carbocycles. The Bertz CT molecular complexity index is 1050. The van der Waals surface area contributed by atoms with Crippen molar-refractivity contribution in [2.45, 2.75) is 12.5 Å². The molecule has 0 aliphatic carbocycles. The van der Waals surface area contributed by atoms with Crippen molar-refractivity contribution in [1.29, 1.82) is 0 Å². The smallest absolute Gasteiger partial charge is 0.343 e. The molecule has 0 saturated heterocycles. The molecule has 9 heteroatoms. The fourth-order valence-corrected chi connectivity index (χ4v) is 3.26. The summed E-state index contributed by atoms with van der Waals surface area (Å²) in [5.41, 5.74) is 2.36. The molecule has 1 aliphatic rings. The number of methoxy groups -OCH3 is 2. The minimum Gasteiger partial charge on any atom is -0.493 e. The van der Waals surface area contributed by atoms with E-state index in [-0.39, 0.29) is 12.3 Å². The van der Waals surface area contributed by atoms with Crippen LogP contribution < -0.4 is 14.8 Å². The van der Waals surface area contributed by atoms with Gasteiger partial charge in [-0.05, 0) is 30.3 Å². The molecule has 29 heavy (non-hydrogen) atoms. The summed E-state index contributed by atoms with van der Waals surface area (Å²) in [7, 11) is 2.94. The normalized spacial score (nSPS) is 14.8. The van der Waals surface area contributed by atoms with Gasteiger partial charge in [-0.25, -0.2) is 9.78 Å². The van der Waals surface area contributed by atoms with Crippen molar-refractivity contribution in [2.75, 3.05) is 19.5 Å². The molecule has 0 unspecified atom stereocenters. The number of fused-ring (bicyclic) bond motifs is 1. The maximum atomic E-state index is 12.5. The summed E-state index contributed by atoms with van der Waals surface area (Å²) < 4.78 is 15.9. The minimum absolute atomic E-state index is 0.0158. The average molecular weight is 394 g/mol. The Labute approximate surface area is 166 Å². The highest BCUT2D eigenvalue weighted by atomic mass is 16.6. The molecule has 1 aliphatic heterocycles. The van der Waals surface area contributed by atoms with Gasteiger partial charge in [0.05, 0.1) is 20.6 Å². The topological polar surface area (TPSA) is 115 Å². The van der Waals surface area contributed by atoms with E-state index in [0.29, 0.717) is 34.1 Å². The molecule has 148 valence electrons. The summed E-state index contributed by atoms with van der Waals surface area (Å²) in [6.07, 6.45) is 0.722. The van der Waals surface area contributed by atoms with E-state index in [9.17, 15) is 9.59 Å². The molecule has 0 spiro atoms. The van der Waals surface area contributed by atoms with Crippen molar-refractivity contribution < 1.29 is 23.8 Å². The summed E-state index contributed by atoms with van der Waals surface area (Å²) in [5, 5.41) is 9.39. The number of aromatic nitrogens is 3. The van der Waals surface area contributed by atoms with Crippen molar-refractivity contribution in [3.63, 3.8) is 0 Å². The highest BCUT2D eigenvalue weighted by Crippen LogP contribution is 2.43. The number of nitrogens with one attached hydrogen (secondary N) is 2. The zero-order chi connectivity index (χ0) is 20.4. The van der Waals surface area contributed by atoms with Gasteiger partial charge in [-0.1, -0.05) is 6.07 Å². The highest BCUT2D eigenvalue weighted by Gasteiger charge is 2.36. The number of amides is 1. The second-order valence-corrected chi connectivity index (χ2v) is 6.32. The third kappa shape index (κ3) is 3.49. The van der Waals surface area contributed by atoms with Gasteiger partial charge >= 0.3 is 5.97 Å². The number of H-pyrrole nitrogens is 1. The van der Waals surface area contributed by atoms with Crippen LogP contribution in [-0.2, 0) is 9.53 Å². The number of anilines is 1. The fraction of sp³-hybridized carbons (Fsp3) is 0.200. The van der Waals surface area contributed by atoms with Gasteiger partial charge in [0.2, 0.25) is 5.91 Å². The van der Waals surface area contributed by atoms with Crippen LogP contribution in [0.1, 0.15) is 28.4 Å². The number of nitrogens with zero attached hydrogens (tertiary/aromatic N) is 2. The molecule has 1 atom stereocenters. The molecule has 9 nitrogen and oxygen atoms in total. The molecule has 0 saturated carbocycles. The number of ether oxygens (including phenoxy) is 3. The lowest BCUT2D eigenvalue weighted by Crippen LogP contribution is -2.15. The summed E-state index contributed by atoms with van der Waals surface area (Å²) in [6, 6.07) is 10.6. The third-order valence-corrected chi connectivity index (χ3v) is 4.61. The van der Waals surface area contributed by atoms with E-state index >= 15 is 0 Å². The van der Waals surface area contributed by atoms with Crippen LogP contribution in [0.5, 0.6) is 11.5 Å². The molecule has 2 heterocycles. The zero-order valence-corrected chi connectivity index (χ0v) is 15.8. The molecule has 4 rings (SSSR count). The van der Waals surface area contributed by atoms with Crippen LogP contribution in [-0.4, -0.2) is 41.3 Å². The number of hydrogen-bond donors (Lipinski definition) is 2. The van der Waals surface area contributed by atoms with Gasteiger partial charge in [0.25, 0.3) is 0 Å². The van der Waals surface area contributed by atoms with Crippen molar-refractivity contribution >= 4 is 17.6 Å². The first-order valence-electron chi connectivity index (χ1n) is 8.82. The number of rotatable bonds is 6. The van der Waals surface area contributed by atoms with Gasteiger partial charge in [-0.15, -0.1) is 0 Å². The Morgan fingerprint density at radius 3 is 2.62 bits per heavy atom. The van der Waals surface area contributed by atoms with Crippen LogP contribution in [0.25, 0.3) is 11.4 Å². The summed E-state index contributed by atoms with van der Waals surface area (Å²) in [4.78, 5) is 28.9. The van der Waals surface area contributed by atoms with Crippen molar-refractivity contribution in [1.82, 2.24) is 15.2 Å². The molecule has 0 radical (unpaired) electrons. The quantitative estimate of drug-likeness (QED) is 0.618. The Kier molecular flexibility index (Phi) is 4.86. The van der Waals surface area contributed by atoms with Crippen LogP contribution in [0, 0.1) is 0 Å². The van der Waals surface area contributed by atoms with E-state index in [1.54, 1.807) is 24.3 Å². The largest absolute Gasteiger partial charge is 0.493 e. The standard InChI is InChI=1S/C20H18N4O5/c1-27-14-8-7-13-15(29-20(26)17(13)18(14)28-2)9-16(25)23-12-5-3-11(4-6-12)19-21-10-22-24-19/h3-8,10,15H,9H2,1-2H3,(H,23,25)(H,21,22,24)/t15-/m0/s1. The van der Waals surface area contributed by atoms with Gasteiger partial charge in [-0.3, -0.25) is 9.89 Å². The molecule has 0 fully saturated rings. The lowest BCUT2D eigenvalue weighted by atomic mass is 10.0. The highest BCUT2D eigenvalue weighted by molar-refractivity contribution is 5.99. The summed E-state index contributed by atoms with van der Waals surface area (Å²) >= 11 is 0. The Balaban J connectivity index is 1.47. The molecule has 1 aromatic heterocycles. The molecular formula is C20H18N4O5. The monoisotopic (exact) mass is 394 g/mol. The summed E-state index contributed by atoms with van der Waals surface area (Å²) in [6.45, 7) is 0. The van der Waals surface area contributed by atoms with Gasteiger partial charge in [0.1, 0.15) is 18.0 Å². The SMILES string of the molecule is COc1ccc2c(c1OC)C(=O)O[C@H]2CC(=O)Nc1ccc(-c2ncn[nH]2)cc1. The second-order valence-electron chi connectivity index (χ2n) is 6.32. The number of carbonyl (C=O) groups is 2. The molecule has 3 aromatic rings. The predicted molar refractivity (Wildman–Crippen MR) is 103 cm³/mol.